The highest BCUT2D eigenvalue weighted by Crippen LogP contribution is 2.60. The summed E-state index contributed by atoms with van der Waals surface area (Å²) in [6.07, 6.45) is 11.4. The lowest BCUT2D eigenvalue weighted by Crippen LogP contribution is -2.48. The molecule has 0 radical (unpaired) electrons. The lowest BCUT2D eigenvalue weighted by molar-refractivity contribution is -0.0747. The molecule has 6 fully saturated rings. The second-order valence-electron chi connectivity index (χ2n) is 11.5. The molecule has 1 atom stereocenters. The maximum Gasteiger partial charge on any atom is 0.256 e. The first-order valence-corrected chi connectivity index (χ1v) is 12.2. The maximum absolute atomic E-state index is 15.1. The summed E-state index contributed by atoms with van der Waals surface area (Å²) in [5.41, 5.74) is 1.62. The van der Waals surface area contributed by atoms with Gasteiger partial charge in [-0.1, -0.05) is 6.92 Å². The molecular formula is C26H34FNO2. The average Bonchev–Trinajstić information content (AvgIpc) is 3.45. The van der Waals surface area contributed by atoms with Crippen LogP contribution in [0.25, 0.3) is 0 Å². The van der Waals surface area contributed by atoms with Crippen molar-refractivity contribution in [2.24, 2.45) is 29.1 Å². The summed E-state index contributed by atoms with van der Waals surface area (Å²) in [6.45, 7) is 4.36. The molecule has 1 heterocycles. The van der Waals surface area contributed by atoms with E-state index in [1.165, 1.54) is 44.6 Å². The first-order chi connectivity index (χ1) is 14.5. The van der Waals surface area contributed by atoms with Crippen molar-refractivity contribution in [1.29, 1.82) is 0 Å². The summed E-state index contributed by atoms with van der Waals surface area (Å²) in [4.78, 5) is 14.8. The van der Waals surface area contributed by atoms with E-state index in [-0.39, 0.29) is 11.5 Å². The van der Waals surface area contributed by atoms with Gasteiger partial charge in [-0.2, -0.15) is 0 Å². The van der Waals surface area contributed by atoms with Crippen molar-refractivity contribution in [3.8, 4) is 5.75 Å². The van der Waals surface area contributed by atoms with Crippen LogP contribution in [0.3, 0.4) is 0 Å². The van der Waals surface area contributed by atoms with Crippen LogP contribution in [0.2, 0.25) is 0 Å². The van der Waals surface area contributed by atoms with Crippen molar-refractivity contribution in [3.63, 3.8) is 0 Å². The zero-order chi connectivity index (χ0) is 20.5. The lowest BCUT2D eigenvalue weighted by atomic mass is 9.50. The van der Waals surface area contributed by atoms with Crippen molar-refractivity contribution in [1.82, 2.24) is 4.90 Å². The summed E-state index contributed by atoms with van der Waals surface area (Å²) in [7, 11) is 0. The fraction of sp³-hybridized carbons (Fsp3) is 0.731. The van der Waals surface area contributed by atoms with Crippen LogP contribution in [-0.4, -0.2) is 30.5 Å². The minimum atomic E-state index is -0.413. The first kappa shape index (κ1) is 19.1. The van der Waals surface area contributed by atoms with E-state index in [1.54, 1.807) is 0 Å². The van der Waals surface area contributed by atoms with E-state index in [0.29, 0.717) is 23.0 Å². The van der Waals surface area contributed by atoms with E-state index >= 15 is 4.39 Å². The molecule has 7 rings (SSSR count). The number of carbonyl (C=O) groups excluding carboxylic acids is 1. The monoisotopic (exact) mass is 411 g/mol. The minimum absolute atomic E-state index is 0.147. The standard InChI is InChI=1S/C26H34FNO2/c1-16-4-5-28(14-16)25(29)22-9-21(20-2-3-20)24(10-23(22)27)30-15-26-11-17-6-18(12-26)8-19(7-17)13-26/h9-10,16-20H,2-8,11-15H2,1H3. The van der Waals surface area contributed by atoms with E-state index in [0.717, 1.165) is 62.3 Å². The lowest BCUT2D eigenvalue weighted by Gasteiger charge is -2.56. The zero-order valence-corrected chi connectivity index (χ0v) is 18.2. The number of hydrogen-bond donors (Lipinski definition) is 0. The largest absolute Gasteiger partial charge is 0.493 e. The van der Waals surface area contributed by atoms with Gasteiger partial charge in [0.05, 0.1) is 12.2 Å². The molecule has 3 nitrogen and oxygen atoms in total. The molecule has 1 amide bonds. The van der Waals surface area contributed by atoms with Crippen LogP contribution in [0.15, 0.2) is 12.1 Å². The van der Waals surface area contributed by atoms with Gasteiger partial charge in [0.25, 0.3) is 5.91 Å². The number of halogens is 1. The number of benzene rings is 1. The van der Waals surface area contributed by atoms with Crippen molar-refractivity contribution in [3.05, 3.63) is 29.1 Å². The molecule has 1 aromatic carbocycles. The topological polar surface area (TPSA) is 29.5 Å². The Hall–Kier alpha value is -1.58. The van der Waals surface area contributed by atoms with E-state index in [1.807, 2.05) is 11.0 Å². The Balaban J connectivity index is 1.23. The highest BCUT2D eigenvalue weighted by molar-refractivity contribution is 5.95. The Morgan fingerprint density at radius 1 is 1.10 bits per heavy atom. The second kappa shape index (κ2) is 6.97. The van der Waals surface area contributed by atoms with Gasteiger partial charge in [-0.05, 0) is 99.0 Å². The van der Waals surface area contributed by atoms with Crippen molar-refractivity contribution >= 4 is 5.91 Å². The Bertz CT molecular complexity index is 826. The molecule has 1 aliphatic heterocycles. The summed E-state index contributed by atoms with van der Waals surface area (Å²) >= 11 is 0. The van der Waals surface area contributed by atoms with Crippen molar-refractivity contribution in [2.45, 2.75) is 70.6 Å². The highest BCUT2D eigenvalue weighted by atomic mass is 19.1. The quantitative estimate of drug-likeness (QED) is 0.615. The molecule has 0 spiro atoms. The number of ether oxygens (including phenoxy) is 1. The van der Waals surface area contributed by atoms with E-state index < -0.39 is 5.82 Å². The summed E-state index contributed by atoms with van der Waals surface area (Å²) < 4.78 is 21.5. The molecule has 0 aromatic heterocycles. The molecule has 162 valence electrons. The SMILES string of the molecule is CC1CCN(C(=O)c2cc(C3CC3)c(OCC34CC5CC(CC(C5)C3)C4)cc2F)C1. The molecule has 5 aliphatic carbocycles. The molecule has 1 unspecified atom stereocenters. The average molecular weight is 412 g/mol. The third-order valence-corrected chi connectivity index (χ3v) is 8.76. The highest BCUT2D eigenvalue weighted by Gasteiger charge is 2.51. The van der Waals surface area contributed by atoms with Crippen LogP contribution in [0.1, 0.15) is 86.6 Å². The van der Waals surface area contributed by atoms with Crippen LogP contribution in [0, 0.1) is 34.9 Å². The van der Waals surface area contributed by atoms with E-state index in [9.17, 15) is 4.79 Å². The van der Waals surface area contributed by atoms with Crippen LogP contribution in [-0.2, 0) is 0 Å². The van der Waals surface area contributed by atoms with Crippen LogP contribution in [0.4, 0.5) is 4.39 Å². The summed E-state index contributed by atoms with van der Waals surface area (Å²) in [5, 5.41) is 0. The van der Waals surface area contributed by atoms with Crippen LogP contribution in [0.5, 0.6) is 5.75 Å². The van der Waals surface area contributed by atoms with Crippen molar-refractivity contribution in [2.75, 3.05) is 19.7 Å². The van der Waals surface area contributed by atoms with Gasteiger partial charge in [0.1, 0.15) is 11.6 Å². The van der Waals surface area contributed by atoms with Gasteiger partial charge in [-0.25, -0.2) is 4.39 Å². The van der Waals surface area contributed by atoms with Gasteiger partial charge in [0, 0.05) is 24.6 Å². The van der Waals surface area contributed by atoms with Gasteiger partial charge >= 0.3 is 0 Å². The van der Waals surface area contributed by atoms with E-state index in [2.05, 4.69) is 6.92 Å². The molecule has 30 heavy (non-hydrogen) atoms. The third-order valence-electron chi connectivity index (χ3n) is 8.76. The molecule has 1 aromatic rings. The Morgan fingerprint density at radius 3 is 2.33 bits per heavy atom. The predicted octanol–water partition coefficient (Wildman–Crippen LogP) is 5.78. The first-order valence-electron chi connectivity index (χ1n) is 12.2. The zero-order valence-electron chi connectivity index (χ0n) is 18.2. The number of amides is 1. The Labute approximate surface area is 179 Å². The van der Waals surface area contributed by atoms with Crippen LogP contribution >= 0.6 is 0 Å². The van der Waals surface area contributed by atoms with Gasteiger partial charge in [0.15, 0.2) is 0 Å². The fourth-order valence-corrected chi connectivity index (χ4v) is 7.56. The van der Waals surface area contributed by atoms with E-state index in [4.69, 9.17) is 4.74 Å². The molecule has 1 saturated heterocycles. The number of nitrogens with zero attached hydrogens (tertiary/aromatic N) is 1. The minimum Gasteiger partial charge on any atom is -0.493 e. The smallest absolute Gasteiger partial charge is 0.256 e. The Kier molecular flexibility index (Phi) is 4.44. The fourth-order valence-electron chi connectivity index (χ4n) is 7.56. The second-order valence-corrected chi connectivity index (χ2v) is 11.5. The maximum atomic E-state index is 15.1. The summed E-state index contributed by atoms with van der Waals surface area (Å²) in [6, 6.07) is 3.36. The Morgan fingerprint density at radius 2 is 1.77 bits per heavy atom. The third kappa shape index (κ3) is 3.35. The summed E-state index contributed by atoms with van der Waals surface area (Å²) in [5.74, 6) is 3.75. The van der Waals surface area contributed by atoms with Gasteiger partial charge in [-0.3, -0.25) is 4.79 Å². The molecule has 0 N–H and O–H groups in total. The molecular weight excluding hydrogens is 377 g/mol. The number of likely N-dealkylation sites (tertiary alicyclic amines) is 1. The molecule has 4 bridgehead atoms. The molecule has 6 aliphatic rings. The molecule has 4 heteroatoms. The van der Waals surface area contributed by atoms with Crippen LogP contribution < -0.4 is 4.74 Å². The van der Waals surface area contributed by atoms with Gasteiger partial charge in [-0.15, -0.1) is 0 Å². The van der Waals surface area contributed by atoms with Crippen molar-refractivity contribution < 1.29 is 13.9 Å². The van der Waals surface area contributed by atoms with Gasteiger partial charge in [0.2, 0.25) is 0 Å². The van der Waals surface area contributed by atoms with Gasteiger partial charge < -0.3 is 9.64 Å². The normalized spacial score (nSPS) is 37.1. The molecule has 5 saturated carbocycles. The number of carbonyl (C=O) groups is 1. The number of hydrogen-bond acceptors (Lipinski definition) is 2. The predicted molar refractivity (Wildman–Crippen MR) is 114 cm³/mol. The number of rotatable bonds is 5.